The van der Waals surface area contributed by atoms with Gasteiger partial charge in [-0.05, 0) is 18.4 Å². The van der Waals surface area contributed by atoms with Crippen molar-refractivity contribution in [3.63, 3.8) is 0 Å². The van der Waals surface area contributed by atoms with Crippen LogP contribution in [0.15, 0.2) is 41.5 Å². The summed E-state index contributed by atoms with van der Waals surface area (Å²) in [7, 11) is 0. The molecule has 1 aromatic carbocycles. The highest BCUT2D eigenvalue weighted by Crippen LogP contribution is 2.31. The van der Waals surface area contributed by atoms with E-state index < -0.39 is 0 Å². The Labute approximate surface area is 146 Å². The molecule has 0 unspecified atom stereocenters. The topological polar surface area (TPSA) is 78.5 Å². The maximum atomic E-state index is 12.3. The molecule has 1 N–H and O–H groups in total. The molecule has 0 bridgehead atoms. The highest BCUT2D eigenvalue weighted by Gasteiger charge is 2.29. The quantitative estimate of drug-likeness (QED) is 0.612. The van der Waals surface area contributed by atoms with E-state index in [1.807, 2.05) is 35.2 Å². The Kier molecular flexibility index (Phi) is 5.33. The van der Waals surface area contributed by atoms with Crippen molar-refractivity contribution in [3.05, 3.63) is 52.6 Å². The smallest absolute Gasteiger partial charge is 0.302 e. The Hall–Kier alpha value is -2.83. The highest BCUT2D eigenvalue weighted by molar-refractivity contribution is 5.71. The van der Waals surface area contributed by atoms with E-state index in [4.69, 9.17) is 4.74 Å². The lowest BCUT2D eigenvalue weighted by molar-refractivity contribution is -0.141. The number of ether oxygens (including phenoxy) is 1. The Morgan fingerprint density at radius 3 is 2.80 bits per heavy atom. The number of benzene rings is 1. The van der Waals surface area contributed by atoms with Gasteiger partial charge >= 0.3 is 5.97 Å². The van der Waals surface area contributed by atoms with E-state index in [-0.39, 0.29) is 11.5 Å². The number of H-pyrrole nitrogens is 1. The molecule has 0 spiro atoms. The largest absolute Gasteiger partial charge is 0.466 e. The van der Waals surface area contributed by atoms with Crippen molar-refractivity contribution in [2.45, 2.75) is 26.3 Å². The number of hydrogen-bond acceptors (Lipinski definition) is 6. The van der Waals surface area contributed by atoms with Crippen molar-refractivity contribution in [2.24, 2.45) is 0 Å². The minimum atomic E-state index is -0.256. The van der Waals surface area contributed by atoms with Crippen molar-refractivity contribution in [1.82, 2.24) is 9.97 Å². The Bertz CT molecular complexity index is 775. The maximum Gasteiger partial charge on any atom is 0.302 e. The molecule has 3 rings (SSSR count). The normalized spacial score (nSPS) is 13.0. The van der Waals surface area contributed by atoms with Crippen LogP contribution in [0.2, 0.25) is 0 Å². The first-order valence-corrected chi connectivity index (χ1v) is 8.40. The molecule has 132 valence electrons. The monoisotopic (exact) mass is 342 g/mol. The van der Waals surface area contributed by atoms with Gasteiger partial charge in [-0.25, -0.2) is 4.98 Å². The van der Waals surface area contributed by atoms with E-state index in [2.05, 4.69) is 14.9 Å². The molecule has 0 aliphatic carbocycles. The molecule has 0 radical (unpaired) electrons. The summed E-state index contributed by atoms with van der Waals surface area (Å²) in [6.07, 6.45) is 3.09. The number of esters is 1. The van der Waals surface area contributed by atoms with Gasteiger partial charge in [-0.15, -0.1) is 0 Å². The third-order valence-corrected chi connectivity index (χ3v) is 4.11. The van der Waals surface area contributed by atoms with Crippen LogP contribution in [0.1, 0.15) is 25.3 Å². The SMILES string of the molecule is CC(=O)OCCCCN1CN(Cc2ccccc2)c2c1nc[nH]c2=O. The van der Waals surface area contributed by atoms with Crippen molar-refractivity contribution in [1.29, 1.82) is 0 Å². The van der Waals surface area contributed by atoms with Crippen LogP contribution in [0.4, 0.5) is 11.5 Å². The minimum Gasteiger partial charge on any atom is -0.466 e. The summed E-state index contributed by atoms with van der Waals surface area (Å²) in [5, 5.41) is 0. The number of aromatic nitrogens is 2. The lowest BCUT2D eigenvalue weighted by atomic mass is 10.2. The lowest BCUT2D eigenvalue weighted by Gasteiger charge is -2.21. The summed E-state index contributed by atoms with van der Waals surface area (Å²) in [5.41, 5.74) is 1.64. The van der Waals surface area contributed by atoms with Crippen molar-refractivity contribution >= 4 is 17.5 Å². The molecule has 7 nitrogen and oxygen atoms in total. The summed E-state index contributed by atoms with van der Waals surface area (Å²) in [4.78, 5) is 34.3. The van der Waals surface area contributed by atoms with E-state index in [1.165, 1.54) is 13.3 Å². The Morgan fingerprint density at radius 1 is 1.24 bits per heavy atom. The first-order chi connectivity index (χ1) is 12.1. The first-order valence-electron chi connectivity index (χ1n) is 8.40. The molecule has 0 saturated carbocycles. The fraction of sp³-hybridized carbons (Fsp3) is 0.389. The van der Waals surface area contributed by atoms with Gasteiger partial charge in [0.2, 0.25) is 0 Å². The molecule has 0 atom stereocenters. The van der Waals surface area contributed by atoms with E-state index in [1.54, 1.807) is 0 Å². The molecule has 1 aromatic heterocycles. The second-order valence-electron chi connectivity index (χ2n) is 6.04. The Morgan fingerprint density at radius 2 is 2.04 bits per heavy atom. The maximum absolute atomic E-state index is 12.3. The van der Waals surface area contributed by atoms with Crippen molar-refractivity contribution < 1.29 is 9.53 Å². The predicted octanol–water partition coefficient (Wildman–Crippen LogP) is 1.90. The Balaban J connectivity index is 1.67. The van der Waals surface area contributed by atoms with Crippen LogP contribution in [0.5, 0.6) is 0 Å². The van der Waals surface area contributed by atoms with Crippen LogP contribution < -0.4 is 15.4 Å². The van der Waals surface area contributed by atoms with Gasteiger partial charge in [-0.3, -0.25) is 9.59 Å². The van der Waals surface area contributed by atoms with Gasteiger partial charge in [0, 0.05) is 20.0 Å². The van der Waals surface area contributed by atoms with Crippen LogP contribution >= 0.6 is 0 Å². The average Bonchev–Trinajstić information content (AvgIpc) is 2.94. The molecule has 0 saturated heterocycles. The molecule has 1 aliphatic rings. The molecule has 0 amide bonds. The summed E-state index contributed by atoms with van der Waals surface area (Å²) < 4.78 is 4.96. The zero-order valence-electron chi connectivity index (χ0n) is 14.3. The molecule has 25 heavy (non-hydrogen) atoms. The number of rotatable bonds is 7. The van der Waals surface area contributed by atoms with Crippen LogP contribution in [0.25, 0.3) is 0 Å². The zero-order valence-corrected chi connectivity index (χ0v) is 14.3. The molecule has 2 aromatic rings. The third kappa shape index (κ3) is 4.17. The molecule has 1 aliphatic heterocycles. The fourth-order valence-electron chi connectivity index (χ4n) is 2.97. The van der Waals surface area contributed by atoms with Gasteiger partial charge < -0.3 is 19.5 Å². The number of hydrogen-bond donors (Lipinski definition) is 1. The van der Waals surface area contributed by atoms with Crippen LogP contribution in [-0.4, -0.2) is 35.8 Å². The lowest BCUT2D eigenvalue weighted by Crippen LogP contribution is -2.32. The summed E-state index contributed by atoms with van der Waals surface area (Å²) in [6.45, 7) is 3.88. The first kappa shape index (κ1) is 17.0. The zero-order chi connectivity index (χ0) is 17.6. The van der Waals surface area contributed by atoms with Crippen LogP contribution in [0, 0.1) is 0 Å². The van der Waals surface area contributed by atoms with E-state index in [0.29, 0.717) is 31.3 Å². The van der Waals surface area contributed by atoms with Gasteiger partial charge in [0.1, 0.15) is 5.69 Å². The molecule has 0 fully saturated rings. The van der Waals surface area contributed by atoms with Gasteiger partial charge in [-0.2, -0.15) is 0 Å². The minimum absolute atomic E-state index is 0.122. The number of anilines is 2. The number of carbonyl (C=O) groups excluding carboxylic acids is 1. The fourth-order valence-corrected chi connectivity index (χ4v) is 2.97. The number of carbonyl (C=O) groups is 1. The third-order valence-electron chi connectivity index (χ3n) is 4.11. The summed E-state index contributed by atoms with van der Waals surface area (Å²) in [5.74, 6) is 0.459. The summed E-state index contributed by atoms with van der Waals surface area (Å²) in [6, 6.07) is 10.1. The second-order valence-corrected chi connectivity index (χ2v) is 6.04. The molecule has 2 heterocycles. The van der Waals surface area contributed by atoms with E-state index >= 15 is 0 Å². The molecular weight excluding hydrogens is 320 g/mol. The van der Waals surface area contributed by atoms with Crippen molar-refractivity contribution in [3.8, 4) is 0 Å². The van der Waals surface area contributed by atoms with Crippen LogP contribution in [0.3, 0.4) is 0 Å². The van der Waals surface area contributed by atoms with E-state index in [9.17, 15) is 9.59 Å². The second kappa shape index (κ2) is 7.83. The van der Waals surface area contributed by atoms with Gasteiger partial charge in [0.15, 0.2) is 5.82 Å². The van der Waals surface area contributed by atoms with Crippen molar-refractivity contribution in [2.75, 3.05) is 29.6 Å². The highest BCUT2D eigenvalue weighted by atomic mass is 16.5. The van der Waals surface area contributed by atoms with Gasteiger partial charge in [-0.1, -0.05) is 30.3 Å². The van der Waals surface area contributed by atoms with Gasteiger partial charge in [0.25, 0.3) is 5.56 Å². The number of aromatic amines is 1. The number of fused-ring (bicyclic) bond motifs is 1. The number of unbranched alkanes of at least 4 members (excludes halogenated alkanes) is 1. The van der Waals surface area contributed by atoms with Crippen LogP contribution in [-0.2, 0) is 16.1 Å². The van der Waals surface area contributed by atoms with Gasteiger partial charge in [0.05, 0.1) is 19.6 Å². The number of nitrogens with zero attached hydrogens (tertiary/aromatic N) is 3. The average molecular weight is 342 g/mol. The number of nitrogens with one attached hydrogen (secondary N) is 1. The molecular formula is C18H22N4O3. The molecule has 7 heteroatoms. The predicted molar refractivity (Wildman–Crippen MR) is 95.6 cm³/mol. The standard InChI is InChI=1S/C18H22N4O3/c1-14(23)25-10-6-5-9-21-13-22(11-15-7-3-2-4-8-15)16-17(21)19-12-20-18(16)24/h2-4,7-8,12H,5-6,9-11,13H2,1H3,(H,19,20,24). The summed E-state index contributed by atoms with van der Waals surface area (Å²) >= 11 is 0. The van der Waals surface area contributed by atoms with E-state index in [0.717, 1.165) is 24.9 Å².